The van der Waals surface area contributed by atoms with Crippen LogP contribution in [0.2, 0.25) is 0 Å². The average molecular weight is 449 g/mol. The number of hydrogen-bond donors (Lipinski definition) is 1. The van der Waals surface area contributed by atoms with E-state index in [1.54, 1.807) is 19.1 Å². The summed E-state index contributed by atoms with van der Waals surface area (Å²) in [5.74, 6) is 0. The molecule has 10 heteroatoms. The fourth-order valence-corrected chi connectivity index (χ4v) is 3.39. The van der Waals surface area contributed by atoms with E-state index in [-0.39, 0.29) is 28.6 Å². The molecule has 0 atom stereocenters. The molecule has 0 heterocycles. The van der Waals surface area contributed by atoms with Gasteiger partial charge in [0.15, 0.2) is 0 Å². The maximum absolute atomic E-state index is 12.9. The minimum atomic E-state index is -4.95. The van der Waals surface area contributed by atoms with Crippen molar-refractivity contribution < 1.29 is 34.8 Å². The number of nitrogens with one attached hydrogen (secondary N) is 1. The lowest BCUT2D eigenvalue weighted by Gasteiger charge is -2.12. The molecule has 3 nitrogen and oxygen atoms in total. The topological polar surface area (TPSA) is 46.2 Å². The average Bonchev–Trinajstić information content (AvgIpc) is 2.63. The molecule has 0 saturated heterocycles. The van der Waals surface area contributed by atoms with Crippen LogP contribution in [0.5, 0.6) is 0 Å². The quantitative estimate of drug-likeness (QED) is 0.479. The van der Waals surface area contributed by atoms with Crippen LogP contribution in [0.4, 0.5) is 26.3 Å². The van der Waals surface area contributed by atoms with Crippen molar-refractivity contribution in [2.45, 2.75) is 31.1 Å². The predicted octanol–water partition coefficient (Wildman–Crippen LogP) is 5.57. The van der Waals surface area contributed by atoms with Crippen molar-refractivity contribution in [1.82, 2.24) is 4.72 Å². The monoisotopic (exact) mass is 449 g/mol. The molecule has 0 saturated carbocycles. The van der Waals surface area contributed by atoms with E-state index in [1.165, 1.54) is 19.1 Å². The number of alkyl halides is 6. The SMILES string of the molecule is CC(=C=Cc1cc(C(F)(F)F)cc(C(F)(F)F)c1)CNS(=O)(=O)c1ccc(C)cc1. The molecule has 1 N–H and O–H groups in total. The number of hydrogen-bond acceptors (Lipinski definition) is 2. The molecule has 2 rings (SSSR count). The molecule has 0 amide bonds. The van der Waals surface area contributed by atoms with Crippen LogP contribution in [-0.2, 0) is 22.4 Å². The van der Waals surface area contributed by atoms with Gasteiger partial charge in [0.25, 0.3) is 0 Å². The Kier molecular flexibility index (Phi) is 6.86. The second kappa shape index (κ2) is 8.67. The zero-order valence-electron chi connectivity index (χ0n) is 15.8. The van der Waals surface area contributed by atoms with Crippen LogP contribution >= 0.6 is 0 Å². The first kappa shape index (κ1) is 23.7. The Balaban J connectivity index is 2.27. The molecular formula is C20H17F6NO2S. The van der Waals surface area contributed by atoms with Crippen LogP contribution in [0, 0.1) is 6.92 Å². The maximum Gasteiger partial charge on any atom is 0.416 e. The van der Waals surface area contributed by atoms with E-state index >= 15 is 0 Å². The molecule has 162 valence electrons. The Bertz CT molecular complexity index is 1050. The van der Waals surface area contributed by atoms with E-state index in [2.05, 4.69) is 10.5 Å². The Morgan fingerprint density at radius 1 is 0.967 bits per heavy atom. The zero-order valence-corrected chi connectivity index (χ0v) is 16.6. The molecule has 30 heavy (non-hydrogen) atoms. The van der Waals surface area contributed by atoms with Gasteiger partial charge in [-0.1, -0.05) is 17.7 Å². The highest BCUT2D eigenvalue weighted by Gasteiger charge is 2.36. The van der Waals surface area contributed by atoms with Gasteiger partial charge in [-0.3, -0.25) is 0 Å². The summed E-state index contributed by atoms with van der Waals surface area (Å²) in [5.41, 5.74) is 0.402. The van der Waals surface area contributed by atoms with Crippen LogP contribution < -0.4 is 4.72 Å². The van der Waals surface area contributed by atoms with Gasteiger partial charge in [0.2, 0.25) is 10.0 Å². The van der Waals surface area contributed by atoms with E-state index in [4.69, 9.17) is 0 Å². The third kappa shape index (κ3) is 6.48. The smallest absolute Gasteiger partial charge is 0.207 e. The van der Waals surface area contributed by atoms with E-state index in [9.17, 15) is 34.8 Å². The first-order valence-electron chi connectivity index (χ1n) is 8.46. The first-order chi connectivity index (χ1) is 13.7. The summed E-state index contributed by atoms with van der Waals surface area (Å²) in [6.45, 7) is 3.00. The fourth-order valence-electron chi connectivity index (χ4n) is 2.32. The van der Waals surface area contributed by atoms with E-state index in [1.807, 2.05) is 0 Å². The van der Waals surface area contributed by atoms with Crippen LogP contribution in [-0.4, -0.2) is 15.0 Å². The molecule has 0 aliphatic rings. The molecule has 0 radical (unpaired) electrons. The third-order valence-corrected chi connectivity index (χ3v) is 5.37. The van der Waals surface area contributed by atoms with Crippen molar-refractivity contribution >= 4 is 16.1 Å². The van der Waals surface area contributed by atoms with Crippen LogP contribution in [0.3, 0.4) is 0 Å². The summed E-state index contributed by atoms with van der Waals surface area (Å²) in [5, 5.41) is 0. The van der Waals surface area contributed by atoms with Gasteiger partial charge in [-0.05, 0) is 61.4 Å². The van der Waals surface area contributed by atoms with Gasteiger partial charge in [0.05, 0.1) is 16.0 Å². The highest BCUT2D eigenvalue weighted by molar-refractivity contribution is 7.89. The van der Waals surface area contributed by atoms with Gasteiger partial charge in [0, 0.05) is 6.54 Å². The standard InChI is InChI=1S/C20H17F6NO2S/c1-13-4-7-18(8-5-13)30(28,29)27-12-14(2)3-6-15-9-16(19(21,22)23)11-17(10-15)20(24,25)26/h4-11,27H,12H2,1-2H3. The number of halogens is 6. The summed E-state index contributed by atoms with van der Waals surface area (Å²) in [6, 6.07) is 7.20. The van der Waals surface area contributed by atoms with Gasteiger partial charge in [-0.2, -0.15) is 26.3 Å². The minimum absolute atomic E-state index is 0.0255. The molecule has 0 aliphatic heterocycles. The van der Waals surface area contributed by atoms with Gasteiger partial charge in [-0.15, -0.1) is 5.73 Å². The Morgan fingerprint density at radius 2 is 1.47 bits per heavy atom. The highest BCUT2D eigenvalue weighted by atomic mass is 32.2. The normalized spacial score (nSPS) is 12.4. The van der Waals surface area contributed by atoms with Gasteiger partial charge >= 0.3 is 12.4 Å². The van der Waals surface area contributed by atoms with Gasteiger partial charge in [-0.25, -0.2) is 13.1 Å². The molecule has 0 bridgehead atoms. The van der Waals surface area contributed by atoms with Gasteiger partial charge < -0.3 is 0 Å². The molecule has 0 fully saturated rings. The number of sulfonamides is 1. The molecule has 0 aromatic heterocycles. The van der Waals surface area contributed by atoms with Crippen molar-refractivity contribution in [3.63, 3.8) is 0 Å². The van der Waals surface area contributed by atoms with Crippen molar-refractivity contribution in [2.24, 2.45) is 0 Å². The summed E-state index contributed by atoms with van der Waals surface area (Å²) < 4.78 is 104. The molecule has 2 aromatic carbocycles. The lowest BCUT2D eigenvalue weighted by atomic mass is 10.0. The first-order valence-corrected chi connectivity index (χ1v) is 9.95. The number of benzene rings is 2. The number of rotatable bonds is 5. The maximum atomic E-state index is 12.9. The van der Waals surface area contributed by atoms with Crippen LogP contribution in [0.15, 0.2) is 58.7 Å². The fraction of sp³-hybridized carbons (Fsp3) is 0.250. The van der Waals surface area contributed by atoms with Crippen LogP contribution in [0.25, 0.3) is 6.08 Å². The lowest BCUT2D eigenvalue weighted by molar-refractivity contribution is -0.143. The Labute approximate surface area is 169 Å². The molecule has 0 spiro atoms. The Morgan fingerprint density at radius 3 is 1.93 bits per heavy atom. The second-order valence-electron chi connectivity index (χ2n) is 6.55. The molecule has 0 aliphatic carbocycles. The van der Waals surface area contributed by atoms with Crippen molar-refractivity contribution in [3.05, 3.63) is 76.0 Å². The lowest BCUT2D eigenvalue weighted by Crippen LogP contribution is -2.25. The van der Waals surface area contributed by atoms with E-state index in [0.717, 1.165) is 11.6 Å². The summed E-state index contributed by atoms with van der Waals surface area (Å²) in [7, 11) is -3.83. The van der Waals surface area contributed by atoms with Crippen molar-refractivity contribution in [2.75, 3.05) is 6.54 Å². The van der Waals surface area contributed by atoms with E-state index < -0.39 is 33.5 Å². The van der Waals surface area contributed by atoms with Crippen molar-refractivity contribution in [3.8, 4) is 0 Å². The summed E-state index contributed by atoms with van der Waals surface area (Å²) >= 11 is 0. The van der Waals surface area contributed by atoms with Crippen molar-refractivity contribution in [1.29, 1.82) is 0 Å². The summed E-state index contributed by atoms with van der Waals surface area (Å²) in [6.07, 6.45) is -8.96. The largest absolute Gasteiger partial charge is 0.416 e. The molecule has 0 unspecified atom stereocenters. The molecule has 2 aromatic rings. The van der Waals surface area contributed by atoms with Crippen LogP contribution in [0.1, 0.15) is 29.2 Å². The number of aryl methyl sites for hydroxylation is 1. The predicted molar refractivity (Wildman–Crippen MR) is 100.0 cm³/mol. The zero-order chi connectivity index (χ0) is 22.7. The van der Waals surface area contributed by atoms with Gasteiger partial charge in [0.1, 0.15) is 0 Å². The Hall–Kier alpha value is -2.55. The third-order valence-electron chi connectivity index (χ3n) is 3.95. The highest BCUT2D eigenvalue weighted by Crippen LogP contribution is 2.36. The minimum Gasteiger partial charge on any atom is -0.207 e. The second-order valence-corrected chi connectivity index (χ2v) is 8.31. The molecular weight excluding hydrogens is 432 g/mol. The van der Waals surface area contributed by atoms with E-state index in [0.29, 0.717) is 12.1 Å². The summed E-state index contributed by atoms with van der Waals surface area (Å²) in [4.78, 5) is 0.0255.